The molecule has 0 bridgehead atoms. The smallest absolute Gasteiger partial charge is 0.235 e. The first kappa shape index (κ1) is 14.5. The van der Waals surface area contributed by atoms with Gasteiger partial charge in [0.15, 0.2) is 0 Å². The maximum Gasteiger partial charge on any atom is 0.235 e. The third-order valence-corrected chi connectivity index (χ3v) is 4.22. The van der Waals surface area contributed by atoms with Crippen molar-refractivity contribution in [3.63, 3.8) is 0 Å². The number of aromatic nitrogens is 1. The molecule has 0 spiro atoms. The average molecular weight is 319 g/mol. The molecule has 1 aromatic heterocycles. The maximum absolute atomic E-state index is 13.1. The first-order valence-corrected chi connectivity index (χ1v) is 7.73. The van der Waals surface area contributed by atoms with Gasteiger partial charge in [-0.3, -0.25) is 0 Å². The zero-order valence-electron chi connectivity index (χ0n) is 12.9. The third kappa shape index (κ3) is 2.52. The van der Waals surface area contributed by atoms with Gasteiger partial charge in [-0.15, -0.1) is 0 Å². The highest BCUT2D eigenvalue weighted by Gasteiger charge is 2.24. The van der Waals surface area contributed by atoms with Gasteiger partial charge in [-0.1, -0.05) is 24.3 Å². The van der Waals surface area contributed by atoms with Gasteiger partial charge in [0.25, 0.3) is 0 Å². The number of fused-ring (bicyclic) bond motifs is 1. The molecule has 0 fully saturated rings. The van der Waals surface area contributed by atoms with Crippen LogP contribution in [0.15, 0.2) is 52.9 Å². The summed E-state index contributed by atoms with van der Waals surface area (Å²) in [5, 5.41) is 9.39. The number of nitriles is 1. The molecule has 5 heteroatoms. The molecule has 0 amide bonds. The highest BCUT2D eigenvalue weighted by atomic mass is 19.1. The van der Waals surface area contributed by atoms with Gasteiger partial charge in [0, 0.05) is 18.7 Å². The predicted octanol–water partition coefficient (Wildman–Crippen LogP) is 3.92. The fourth-order valence-corrected chi connectivity index (χ4v) is 2.98. The van der Waals surface area contributed by atoms with E-state index in [1.807, 2.05) is 17.0 Å². The van der Waals surface area contributed by atoms with Crippen molar-refractivity contribution in [2.45, 2.75) is 13.0 Å². The van der Waals surface area contributed by atoms with Crippen molar-refractivity contribution >= 4 is 5.88 Å². The molecule has 24 heavy (non-hydrogen) atoms. The van der Waals surface area contributed by atoms with Crippen molar-refractivity contribution in [2.75, 3.05) is 11.4 Å². The van der Waals surface area contributed by atoms with Gasteiger partial charge in [-0.05, 0) is 41.8 Å². The van der Waals surface area contributed by atoms with Crippen LogP contribution in [0.4, 0.5) is 10.3 Å². The lowest BCUT2D eigenvalue weighted by Gasteiger charge is -2.28. The van der Waals surface area contributed by atoms with Gasteiger partial charge >= 0.3 is 0 Å². The molecule has 118 valence electrons. The lowest BCUT2D eigenvalue weighted by molar-refractivity contribution is 0.540. The van der Waals surface area contributed by atoms with Crippen molar-refractivity contribution < 1.29 is 8.81 Å². The summed E-state index contributed by atoms with van der Waals surface area (Å²) < 4.78 is 18.9. The van der Waals surface area contributed by atoms with Gasteiger partial charge in [0.05, 0.1) is 0 Å². The fraction of sp³-hybridized carbons (Fsp3) is 0.158. The monoisotopic (exact) mass is 319 g/mol. The third-order valence-electron chi connectivity index (χ3n) is 4.22. The van der Waals surface area contributed by atoms with Crippen molar-refractivity contribution in [2.24, 2.45) is 0 Å². The molecule has 0 saturated heterocycles. The summed E-state index contributed by atoms with van der Waals surface area (Å²) >= 11 is 0. The van der Waals surface area contributed by atoms with Gasteiger partial charge in [0.2, 0.25) is 17.5 Å². The first-order valence-electron chi connectivity index (χ1n) is 7.73. The highest BCUT2D eigenvalue weighted by Crippen LogP contribution is 2.31. The molecule has 4 rings (SSSR count). The van der Waals surface area contributed by atoms with Gasteiger partial charge < -0.3 is 9.32 Å². The minimum absolute atomic E-state index is 0.258. The van der Waals surface area contributed by atoms with Crippen LogP contribution in [-0.2, 0) is 13.0 Å². The number of oxazole rings is 1. The molecule has 3 aromatic rings. The molecular formula is C19H14FN3O. The second kappa shape index (κ2) is 5.82. The Balaban J connectivity index is 1.69. The molecule has 0 unspecified atom stereocenters. The van der Waals surface area contributed by atoms with Crippen LogP contribution in [0, 0.1) is 17.1 Å². The maximum atomic E-state index is 13.1. The molecule has 0 radical (unpaired) electrons. The van der Waals surface area contributed by atoms with E-state index in [1.54, 1.807) is 12.1 Å². The van der Waals surface area contributed by atoms with Crippen LogP contribution in [0.2, 0.25) is 0 Å². The second-order valence-electron chi connectivity index (χ2n) is 5.73. The largest absolute Gasteiger partial charge is 0.419 e. The second-order valence-corrected chi connectivity index (χ2v) is 5.73. The number of nitrogens with zero attached hydrogens (tertiary/aromatic N) is 3. The minimum Gasteiger partial charge on any atom is -0.419 e. The summed E-state index contributed by atoms with van der Waals surface area (Å²) in [5.74, 6) is 0.491. The molecular weight excluding hydrogens is 305 g/mol. The summed E-state index contributed by atoms with van der Waals surface area (Å²) in [6, 6.07) is 16.3. The van der Waals surface area contributed by atoms with Crippen LogP contribution in [0.3, 0.4) is 0 Å². The number of rotatable bonds is 2. The van der Waals surface area contributed by atoms with Crippen LogP contribution in [0.5, 0.6) is 0 Å². The lowest BCUT2D eigenvalue weighted by Crippen LogP contribution is -2.30. The zero-order chi connectivity index (χ0) is 16.5. The molecule has 1 aliphatic rings. The van der Waals surface area contributed by atoms with E-state index in [0.29, 0.717) is 23.9 Å². The van der Waals surface area contributed by atoms with Gasteiger partial charge in [-0.2, -0.15) is 10.2 Å². The number of halogens is 1. The molecule has 0 atom stereocenters. The van der Waals surface area contributed by atoms with E-state index in [1.165, 1.54) is 23.3 Å². The van der Waals surface area contributed by atoms with E-state index in [2.05, 4.69) is 23.2 Å². The number of hydrogen-bond acceptors (Lipinski definition) is 4. The predicted molar refractivity (Wildman–Crippen MR) is 87.8 cm³/mol. The zero-order valence-corrected chi connectivity index (χ0v) is 12.9. The fourth-order valence-electron chi connectivity index (χ4n) is 2.98. The van der Waals surface area contributed by atoms with Crippen molar-refractivity contribution in [1.29, 1.82) is 5.26 Å². The Kier molecular flexibility index (Phi) is 3.51. The van der Waals surface area contributed by atoms with Crippen molar-refractivity contribution in [3.05, 3.63) is 71.2 Å². The summed E-state index contributed by atoms with van der Waals surface area (Å²) in [7, 11) is 0. The normalized spacial score (nSPS) is 13.4. The van der Waals surface area contributed by atoms with Crippen LogP contribution in [0.25, 0.3) is 11.5 Å². The Morgan fingerprint density at radius 3 is 2.58 bits per heavy atom. The summed E-state index contributed by atoms with van der Waals surface area (Å²) in [6.45, 7) is 1.45. The van der Waals surface area contributed by atoms with Crippen LogP contribution >= 0.6 is 0 Å². The van der Waals surface area contributed by atoms with Gasteiger partial charge in [0.1, 0.15) is 11.9 Å². The standard InChI is InChI=1S/C19H14FN3O/c20-16-7-5-14(6-8-16)18-22-17(11-21)19(24-18)23-10-9-13-3-1-2-4-15(13)12-23/h1-8H,9-10,12H2. The van der Waals surface area contributed by atoms with E-state index in [0.717, 1.165) is 13.0 Å². The van der Waals surface area contributed by atoms with Crippen LogP contribution < -0.4 is 4.90 Å². The number of hydrogen-bond donors (Lipinski definition) is 0. The van der Waals surface area contributed by atoms with Crippen LogP contribution in [-0.4, -0.2) is 11.5 Å². The van der Waals surface area contributed by atoms with E-state index in [4.69, 9.17) is 4.42 Å². The minimum atomic E-state index is -0.321. The van der Waals surface area contributed by atoms with Crippen molar-refractivity contribution in [3.8, 4) is 17.5 Å². The SMILES string of the molecule is N#Cc1nc(-c2ccc(F)cc2)oc1N1CCc2ccccc2C1. The summed E-state index contributed by atoms with van der Waals surface area (Å²) in [6.07, 6.45) is 0.896. The molecule has 2 heterocycles. The van der Waals surface area contributed by atoms with E-state index in [9.17, 15) is 9.65 Å². The van der Waals surface area contributed by atoms with E-state index in [-0.39, 0.29) is 11.5 Å². The Hall–Kier alpha value is -3.13. The Morgan fingerprint density at radius 2 is 1.83 bits per heavy atom. The molecule has 0 N–H and O–H groups in total. The Bertz CT molecular complexity index is 925. The van der Waals surface area contributed by atoms with E-state index < -0.39 is 0 Å². The first-order chi connectivity index (χ1) is 11.7. The Labute approximate surface area is 138 Å². The summed E-state index contributed by atoms with van der Waals surface area (Å²) in [4.78, 5) is 6.30. The molecule has 0 aliphatic carbocycles. The van der Waals surface area contributed by atoms with Crippen molar-refractivity contribution in [1.82, 2.24) is 4.98 Å². The molecule has 0 saturated carbocycles. The number of benzene rings is 2. The average Bonchev–Trinajstić information content (AvgIpc) is 3.06. The van der Waals surface area contributed by atoms with Gasteiger partial charge in [-0.25, -0.2) is 4.39 Å². The summed E-state index contributed by atoms with van der Waals surface area (Å²) in [5.41, 5.74) is 3.46. The Morgan fingerprint density at radius 1 is 1.08 bits per heavy atom. The molecule has 4 nitrogen and oxygen atoms in total. The van der Waals surface area contributed by atoms with Crippen LogP contribution in [0.1, 0.15) is 16.8 Å². The molecule has 2 aromatic carbocycles. The van der Waals surface area contributed by atoms with E-state index >= 15 is 0 Å². The lowest BCUT2D eigenvalue weighted by atomic mass is 10.00. The highest BCUT2D eigenvalue weighted by molar-refractivity contribution is 5.60. The number of anilines is 1. The topological polar surface area (TPSA) is 53.1 Å². The molecule has 1 aliphatic heterocycles. The quantitative estimate of drug-likeness (QED) is 0.718.